The van der Waals surface area contributed by atoms with E-state index in [2.05, 4.69) is 4.98 Å². The van der Waals surface area contributed by atoms with Gasteiger partial charge in [-0.25, -0.2) is 9.78 Å². The van der Waals surface area contributed by atoms with Crippen LogP contribution in [0.25, 0.3) is 0 Å². The van der Waals surface area contributed by atoms with Crippen molar-refractivity contribution in [3.8, 4) is 5.88 Å². The van der Waals surface area contributed by atoms with Crippen LogP contribution in [-0.2, 0) is 0 Å². The minimum atomic E-state index is -1.02. The fraction of sp³-hybridized carbons (Fsp3) is 0.400. The quantitative estimate of drug-likeness (QED) is 0.799. The molecule has 0 saturated heterocycles. The van der Waals surface area contributed by atoms with Crippen LogP contribution in [0, 0.1) is 6.92 Å². The molecule has 0 aliphatic heterocycles. The van der Waals surface area contributed by atoms with Crippen LogP contribution in [0.3, 0.4) is 0 Å². The van der Waals surface area contributed by atoms with Crippen molar-refractivity contribution in [1.82, 2.24) is 4.98 Å². The maximum Gasteiger partial charge on any atom is 0.341 e. The van der Waals surface area contributed by atoms with Crippen LogP contribution < -0.4 is 4.74 Å². The Morgan fingerprint density at radius 2 is 2.14 bits per heavy atom. The topological polar surface area (TPSA) is 59.4 Å². The van der Waals surface area contributed by atoms with Crippen LogP contribution >= 0.6 is 0 Å². The predicted molar refractivity (Wildman–Crippen MR) is 51.7 cm³/mol. The summed E-state index contributed by atoms with van der Waals surface area (Å²) >= 11 is 0. The first kappa shape index (κ1) is 10.5. The van der Waals surface area contributed by atoms with Gasteiger partial charge in [-0.05, 0) is 32.9 Å². The molecule has 4 heteroatoms. The van der Waals surface area contributed by atoms with Crippen LogP contribution in [0.2, 0.25) is 0 Å². The van der Waals surface area contributed by atoms with Gasteiger partial charge in [0.2, 0.25) is 5.88 Å². The van der Waals surface area contributed by atoms with Gasteiger partial charge in [-0.2, -0.15) is 0 Å². The van der Waals surface area contributed by atoms with Gasteiger partial charge in [-0.3, -0.25) is 0 Å². The number of hydrogen-bond donors (Lipinski definition) is 1. The molecule has 1 heterocycles. The largest absolute Gasteiger partial charge is 0.477 e. The zero-order valence-electron chi connectivity index (χ0n) is 8.44. The molecule has 0 unspecified atom stereocenters. The zero-order chi connectivity index (χ0) is 10.7. The van der Waals surface area contributed by atoms with Crippen molar-refractivity contribution in [2.45, 2.75) is 26.9 Å². The molecule has 0 saturated carbocycles. The van der Waals surface area contributed by atoms with Gasteiger partial charge >= 0.3 is 5.97 Å². The fourth-order valence-electron chi connectivity index (χ4n) is 1.01. The maximum absolute atomic E-state index is 10.8. The molecule has 1 aromatic heterocycles. The third-order valence-electron chi connectivity index (χ3n) is 1.58. The van der Waals surface area contributed by atoms with E-state index in [9.17, 15) is 4.79 Å². The Morgan fingerprint density at radius 1 is 1.50 bits per heavy atom. The Kier molecular flexibility index (Phi) is 3.06. The van der Waals surface area contributed by atoms with Gasteiger partial charge in [0.1, 0.15) is 5.56 Å². The van der Waals surface area contributed by atoms with Gasteiger partial charge in [-0.15, -0.1) is 0 Å². The summed E-state index contributed by atoms with van der Waals surface area (Å²) in [5.74, 6) is -0.833. The first-order chi connectivity index (χ1) is 6.50. The second-order valence-electron chi connectivity index (χ2n) is 3.28. The lowest BCUT2D eigenvalue weighted by atomic mass is 10.2. The first-order valence-corrected chi connectivity index (χ1v) is 4.38. The summed E-state index contributed by atoms with van der Waals surface area (Å²) in [5.41, 5.74) is 0.843. The average molecular weight is 195 g/mol. The number of pyridine rings is 1. The van der Waals surface area contributed by atoms with Crippen molar-refractivity contribution in [2.75, 3.05) is 0 Å². The number of aryl methyl sites for hydroxylation is 1. The van der Waals surface area contributed by atoms with E-state index >= 15 is 0 Å². The second-order valence-corrected chi connectivity index (χ2v) is 3.28. The fourth-order valence-corrected chi connectivity index (χ4v) is 1.01. The summed E-state index contributed by atoms with van der Waals surface area (Å²) in [6.07, 6.45) is -0.0811. The van der Waals surface area contributed by atoms with Gasteiger partial charge in [0.25, 0.3) is 0 Å². The highest BCUT2D eigenvalue weighted by Gasteiger charge is 2.13. The van der Waals surface area contributed by atoms with Crippen LogP contribution in [-0.4, -0.2) is 22.2 Å². The van der Waals surface area contributed by atoms with Crippen molar-refractivity contribution in [1.29, 1.82) is 0 Å². The van der Waals surface area contributed by atoms with Gasteiger partial charge in [-0.1, -0.05) is 0 Å². The molecule has 0 spiro atoms. The Hall–Kier alpha value is -1.58. The van der Waals surface area contributed by atoms with E-state index in [4.69, 9.17) is 9.84 Å². The molecule has 0 aromatic carbocycles. The van der Waals surface area contributed by atoms with Crippen LogP contribution in [0.4, 0.5) is 0 Å². The lowest BCUT2D eigenvalue weighted by Gasteiger charge is -2.11. The van der Waals surface area contributed by atoms with Crippen molar-refractivity contribution in [3.05, 3.63) is 23.4 Å². The van der Waals surface area contributed by atoms with Crippen molar-refractivity contribution in [3.63, 3.8) is 0 Å². The Labute approximate surface area is 82.5 Å². The summed E-state index contributed by atoms with van der Waals surface area (Å²) in [6.45, 7) is 5.45. The Bertz CT molecular complexity index is 347. The zero-order valence-corrected chi connectivity index (χ0v) is 8.44. The predicted octanol–water partition coefficient (Wildman–Crippen LogP) is 1.88. The number of ether oxygens (including phenoxy) is 1. The molecule has 76 valence electrons. The van der Waals surface area contributed by atoms with Gasteiger partial charge < -0.3 is 9.84 Å². The summed E-state index contributed by atoms with van der Waals surface area (Å²) in [4.78, 5) is 14.8. The number of carbonyl (C=O) groups is 1. The molecule has 14 heavy (non-hydrogen) atoms. The summed E-state index contributed by atoms with van der Waals surface area (Å²) in [5, 5.41) is 8.85. The number of nitrogens with zero attached hydrogens (tertiary/aromatic N) is 1. The third-order valence-corrected chi connectivity index (χ3v) is 1.58. The number of aromatic carboxylic acids is 1. The third kappa shape index (κ3) is 2.45. The van der Waals surface area contributed by atoms with Crippen LogP contribution in [0.15, 0.2) is 12.1 Å². The SMILES string of the molecule is Cc1ccc(C(=O)O)c(OC(C)C)n1. The minimum absolute atomic E-state index is 0.0811. The molecular weight excluding hydrogens is 182 g/mol. The van der Waals surface area contributed by atoms with E-state index in [-0.39, 0.29) is 17.5 Å². The molecule has 0 aliphatic rings. The molecule has 0 radical (unpaired) electrons. The van der Waals surface area contributed by atoms with E-state index in [1.54, 1.807) is 13.0 Å². The molecule has 0 fully saturated rings. The van der Waals surface area contributed by atoms with Crippen molar-refractivity contribution in [2.24, 2.45) is 0 Å². The first-order valence-electron chi connectivity index (χ1n) is 4.38. The highest BCUT2D eigenvalue weighted by atomic mass is 16.5. The summed E-state index contributed by atoms with van der Waals surface area (Å²) < 4.78 is 5.30. The van der Waals surface area contributed by atoms with E-state index in [0.717, 1.165) is 5.69 Å². The monoisotopic (exact) mass is 195 g/mol. The second kappa shape index (κ2) is 4.09. The molecule has 4 nitrogen and oxygen atoms in total. The molecule has 0 aliphatic carbocycles. The van der Waals surface area contributed by atoms with E-state index in [1.165, 1.54) is 6.07 Å². The summed E-state index contributed by atoms with van der Waals surface area (Å²) in [6, 6.07) is 3.15. The smallest absolute Gasteiger partial charge is 0.341 e. The highest BCUT2D eigenvalue weighted by Crippen LogP contribution is 2.17. The van der Waals surface area contributed by atoms with Crippen molar-refractivity contribution < 1.29 is 14.6 Å². The number of hydrogen-bond acceptors (Lipinski definition) is 3. The molecule has 0 amide bonds. The van der Waals surface area contributed by atoms with Gasteiger partial charge in [0.05, 0.1) is 6.10 Å². The number of carboxylic acid groups (broad SMARTS) is 1. The standard InChI is InChI=1S/C10H13NO3/c1-6(2)14-9-8(10(12)13)5-4-7(3)11-9/h4-6H,1-3H3,(H,12,13). The average Bonchev–Trinajstić information content (AvgIpc) is 2.01. The van der Waals surface area contributed by atoms with Crippen LogP contribution in [0.1, 0.15) is 29.9 Å². The molecule has 0 atom stereocenters. The van der Waals surface area contributed by atoms with Gasteiger partial charge in [0.15, 0.2) is 0 Å². The molecule has 0 bridgehead atoms. The van der Waals surface area contributed by atoms with E-state index in [0.29, 0.717) is 0 Å². The molecule has 1 aromatic rings. The van der Waals surface area contributed by atoms with Crippen molar-refractivity contribution >= 4 is 5.97 Å². The Balaban J connectivity index is 3.09. The minimum Gasteiger partial charge on any atom is -0.477 e. The van der Waals surface area contributed by atoms with Gasteiger partial charge in [0, 0.05) is 5.69 Å². The van der Waals surface area contributed by atoms with E-state index < -0.39 is 5.97 Å². The maximum atomic E-state index is 10.8. The number of aromatic nitrogens is 1. The lowest BCUT2D eigenvalue weighted by molar-refractivity contribution is 0.0689. The molecule has 1 N–H and O–H groups in total. The normalized spacial score (nSPS) is 10.3. The Morgan fingerprint density at radius 3 is 2.64 bits per heavy atom. The van der Waals surface area contributed by atoms with E-state index in [1.807, 2.05) is 13.8 Å². The lowest BCUT2D eigenvalue weighted by Crippen LogP contribution is -2.11. The summed E-state index contributed by atoms with van der Waals surface area (Å²) in [7, 11) is 0. The number of rotatable bonds is 3. The number of carboxylic acids is 1. The molecule has 1 rings (SSSR count). The highest BCUT2D eigenvalue weighted by molar-refractivity contribution is 5.90. The van der Waals surface area contributed by atoms with Crippen LogP contribution in [0.5, 0.6) is 5.88 Å². The molecular formula is C10H13NO3.